The van der Waals surface area contributed by atoms with Gasteiger partial charge in [0.15, 0.2) is 0 Å². The Labute approximate surface area is 288 Å². The number of piperidine rings is 2. The summed E-state index contributed by atoms with van der Waals surface area (Å²) in [5.74, 6) is 0. The molecule has 10 nitrogen and oxygen atoms in total. The summed E-state index contributed by atoms with van der Waals surface area (Å²) < 4.78 is 28.9. The third-order valence-corrected chi connectivity index (χ3v) is 8.48. The minimum Gasteiger partial charge on any atom is -0.444 e. The normalized spacial score (nSPS) is 16.1. The molecule has 2 saturated heterocycles. The summed E-state index contributed by atoms with van der Waals surface area (Å²) in [4.78, 5) is 36.3. The predicted molar refractivity (Wildman–Crippen MR) is 187 cm³/mol. The van der Waals surface area contributed by atoms with E-state index in [0.29, 0.717) is 37.7 Å². The summed E-state index contributed by atoms with van der Waals surface area (Å²) >= 11 is 0. The molecule has 2 aromatic carbocycles. The number of hydrogen-bond acceptors (Lipinski definition) is 6. The molecule has 11 heteroatoms. The van der Waals surface area contributed by atoms with Gasteiger partial charge in [-0.15, -0.1) is 0 Å². The van der Waals surface area contributed by atoms with E-state index in [1.165, 1.54) is 0 Å². The average Bonchev–Trinajstić information content (AvgIpc) is 3.72. The van der Waals surface area contributed by atoms with Crippen LogP contribution >= 0.6 is 0 Å². The van der Waals surface area contributed by atoms with Crippen LogP contribution in [0.15, 0.2) is 79.4 Å². The number of benzene rings is 2. The van der Waals surface area contributed by atoms with Gasteiger partial charge in [-0.1, -0.05) is 60.7 Å². The number of aromatic nitrogens is 4. The highest BCUT2D eigenvalue weighted by atomic mass is 19.1. The van der Waals surface area contributed by atoms with E-state index in [1.807, 2.05) is 96.4 Å². The van der Waals surface area contributed by atoms with E-state index in [-0.39, 0.29) is 18.2 Å². The van der Waals surface area contributed by atoms with E-state index in [9.17, 15) is 14.0 Å². The van der Waals surface area contributed by atoms with Gasteiger partial charge < -0.3 is 28.4 Å². The predicted octanol–water partition coefficient (Wildman–Crippen LogP) is 8.38. The zero-order valence-electron chi connectivity index (χ0n) is 29.5. The number of carbonyl (C=O) groups excluding carboxylic acids is 2. The molecule has 4 aromatic rings. The van der Waals surface area contributed by atoms with Gasteiger partial charge in [-0.2, -0.15) is 4.39 Å². The van der Waals surface area contributed by atoms with Crippen molar-refractivity contribution in [2.45, 2.75) is 90.5 Å². The van der Waals surface area contributed by atoms with Crippen LogP contribution in [0.4, 0.5) is 14.0 Å². The SMILES string of the molecule is CC(C)(C)OC(=O)N1CCC(n2cc(-c3ccccc3)nc2F)CC1.CC(C)(C)OC(=O)N1CCC(n2cnc(-c3ccccc3)c2)CC1. The van der Waals surface area contributed by atoms with Gasteiger partial charge in [0, 0.05) is 61.8 Å². The molecule has 4 heterocycles. The largest absolute Gasteiger partial charge is 0.444 e. The Morgan fingerprint density at radius 1 is 0.673 bits per heavy atom. The molecule has 0 spiro atoms. The number of carbonyl (C=O) groups is 2. The lowest BCUT2D eigenvalue weighted by Gasteiger charge is -2.33. The van der Waals surface area contributed by atoms with Crippen molar-refractivity contribution in [2.75, 3.05) is 26.2 Å². The smallest absolute Gasteiger partial charge is 0.410 e. The lowest BCUT2D eigenvalue weighted by atomic mass is 10.1. The maximum atomic E-state index is 14.3. The number of likely N-dealkylation sites (tertiary alicyclic amines) is 2. The average molecular weight is 673 g/mol. The fourth-order valence-corrected chi connectivity index (χ4v) is 6.00. The number of hydrogen-bond donors (Lipinski definition) is 0. The van der Waals surface area contributed by atoms with E-state index >= 15 is 0 Å². The second-order valence-corrected chi connectivity index (χ2v) is 14.6. The molecular formula is C38H49FN6O4. The van der Waals surface area contributed by atoms with Crippen molar-refractivity contribution in [1.29, 1.82) is 0 Å². The Hall–Kier alpha value is -4.67. The zero-order chi connectivity index (χ0) is 35.2. The molecule has 0 bridgehead atoms. The maximum absolute atomic E-state index is 14.3. The maximum Gasteiger partial charge on any atom is 0.410 e. The summed E-state index contributed by atoms with van der Waals surface area (Å²) in [6.07, 6.45) is 7.97. The summed E-state index contributed by atoms with van der Waals surface area (Å²) in [5, 5.41) is 0. The molecule has 2 fully saturated rings. The van der Waals surface area contributed by atoms with E-state index in [2.05, 4.69) is 32.9 Å². The first-order valence-electron chi connectivity index (χ1n) is 17.1. The van der Waals surface area contributed by atoms with Gasteiger partial charge in [0.05, 0.1) is 17.7 Å². The Morgan fingerprint density at radius 2 is 1.12 bits per heavy atom. The van der Waals surface area contributed by atoms with Crippen LogP contribution in [-0.2, 0) is 9.47 Å². The van der Waals surface area contributed by atoms with Crippen LogP contribution in [0.25, 0.3) is 22.5 Å². The van der Waals surface area contributed by atoms with E-state index in [4.69, 9.17) is 9.47 Å². The number of ether oxygens (including phenoxy) is 2. The van der Waals surface area contributed by atoms with Crippen LogP contribution in [0.2, 0.25) is 0 Å². The standard InChI is InChI=1S/C19H24FN3O2.C19H25N3O2/c1-19(2,3)25-18(24)22-11-9-15(10-12-22)23-13-16(21-17(23)20)14-7-5-4-6-8-14;1-19(2,3)24-18(23)21-11-9-16(10-12-21)22-13-17(20-14-22)15-7-5-4-6-8-15/h4-8,13,15H,9-12H2,1-3H3;4-8,13-14,16H,9-12H2,1-3H3. The first kappa shape index (κ1) is 35.6. The lowest BCUT2D eigenvalue weighted by Crippen LogP contribution is -2.42. The van der Waals surface area contributed by atoms with Gasteiger partial charge >= 0.3 is 12.2 Å². The minimum atomic E-state index is -0.505. The van der Waals surface area contributed by atoms with Crippen LogP contribution in [-0.4, -0.2) is 78.5 Å². The zero-order valence-corrected chi connectivity index (χ0v) is 29.5. The van der Waals surface area contributed by atoms with Crippen LogP contribution in [0.5, 0.6) is 0 Å². The topological polar surface area (TPSA) is 94.7 Å². The van der Waals surface area contributed by atoms with Crippen molar-refractivity contribution in [1.82, 2.24) is 28.9 Å². The van der Waals surface area contributed by atoms with Gasteiger partial charge in [-0.05, 0) is 67.2 Å². The first-order chi connectivity index (χ1) is 23.3. The number of halogens is 1. The third kappa shape index (κ3) is 9.93. The van der Waals surface area contributed by atoms with Crippen LogP contribution < -0.4 is 0 Å². The van der Waals surface area contributed by atoms with Gasteiger partial charge in [0.25, 0.3) is 6.08 Å². The highest BCUT2D eigenvalue weighted by Crippen LogP contribution is 2.29. The monoisotopic (exact) mass is 672 g/mol. The Balaban J connectivity index is 0.000000191. The lowest BCUT2D eigenvalue weighted by molar-refractivity contribution is 0.0176. The van der Waals surface area contributed by atoms with Crippen molar-refractivity contribution in [3.63, 3.8) is 0 Å². The Kier molecular flexibility index (Phi) is 11.1. The van der Waals surface area contributed by atoms with Gasteiger partial charge in [0.1, 0.15) is 11.2 Å². The summed E-state index contributed by atoms with van der Waals surface area (Å²) in [7, 11) is 0. The van der Waals surface area contributed by atoms with Gasteiger partial charge in [-0.3, -0.25) is 0 Å². The highest BCUT2D eigenvalue weighted by molar-refractivity contribution is 5.68. The quantitative estimate of drug-likeness (QED) is 0.216. The van der Waals surface area contributed by atoms with Crippen molar-refractivity contribution in [2.24, 2.45) is 0 Å². The number of nitrogens with zero attached hydrogens (tertiary/aromatic N) is 6. The van der Waals surface area contributed by atoms with E-state index in [0.717, 1.165) is 42.8 Å². The van der Waals surface area contributed by atoms with E-state index in [1.54, 1.807) is 20.6 Å². The third-order valence-electron chi connectivity index (χ3n) is 8.48. The number of amides is 2. The molecule has 0 N–H and O–H groups in total. The number of rotatable bonds is 4. The highest BCUT2D eigenvalue weighted by Gasteiger charge is 2.30. The van der Waals surface area contributed by atoms with Crippen molar-refractivity contribution in [3.05, 3.63) is 85.5 Å². The first-order valence-corrected chi connectivity index (χ1v) is 17.1. The fraction of sp³-hybridized carbons (Fsp3) is 0.474. The molecule has 2 aliphatic heterocycles. The van der Waals surface area contributed by atoms with Crippen LogP contribution in [0.3, 0.4) is 0 Å². The van der Waals surface area contributed by atoms with Crippen LogP contribution in [0.1, 0.15) is 79.3 Å². The molecule has 0 atom stereocenters. The second kappa shape index (κ2) is 15.3. The number of imidazole rings is 2. The molecule has 2 aliphatic rings. The minimum absolute atomic E-state index is 0.00338. The van der Waals surface area contributed by atoms with Crippen molar-refractivity contribution in [3.8, 4) is 22.5 Å². The van der Waals surface area contributed by atoms with Crippen molar-refractivity contribution < 1.29 is 23.5 Å². The molecule has 49 heavy (non-hydrogen) atoms. The summed E-state index contributed by atoms with van der Waals surface area (Å²) in [6.45, 7) is 13.8. The molecule has 0 radical (unpaired) electrons. The molecule has 2 amide bonds. The molecule has 0 aliphatic carbocycles. The molecule has 2 aromatic heterocycles. The van der Waals surface area contributed by atoms with E-state index < -0.39 is 17.3 Å². The van der Waals surface area contributed by atoms with Gasteiger partial charge in [-0.25, -0.2) is 19.6 Å². The van der Waals surface area contributed by atoms with Crippen molar-refractivity contribution >= 4 is 12.2 Å². The summed E-state index contributed by atoms with van der Waals surface area (Å²) in [5.41, 5.74) is 2.70. The fourth-order valence-electron chi connectivity index (χ4n) is 6.00. The summed E-state index contributed by atoms with van der Waals surface area (Å²) in [6, 6.07) is 20.1. The molecule has 0 saturated carbocycles. The molecule has 6 rings (SSSR count). The van der Waals surface area contributed by atoms with Crippen LogP contribution in [0, 0.1) is 6.08 Å². The van der Waals surface area contributed by atoms with Gasteiger partial charge in [0.2, 0.25) is 0 Å². The molecular weight excluding hydrogens is 623 g/mol. The Bertz CT molecular complexity index is 1660. The Morgan fingerprint density at radius 3 is 1.59 bits per heavy atom. The molecule has 0 unspecified atom stereocenters. The molecule has 262 valence electrons. The second-order valence-electron chi connectivity index (χ2n) is 14.6.